The third-order valence-electron chi connectivity index (χ3n) is 6.55. The summed E-state index contributed by atoms with van der Waals surface area (Å²) < 4.78 is 70.4. The molecule has 2 heterocycles. The molecule has 0 N–H and O–H groups in total. The van der Waals surface area contributed by atoms with Crippen molar-refractivity contribution in [1.82, 2.24) is 14.7 Å². The predicted octanol–water partition coefficient (Wildman–Crippen LogP) is 2.16. The zero-order valence-electron chi connectivity index (χ0n) is 20.1. The Labute approximate surface area is 213 Å². The molecule has 0 radical (unpaired) electrons. The molecule has 12 heteroatoms. The second kappa shape index (κ2) is 11.2. The van der Waals surface area contributed by atoms with E-state index in [2.05, 4.69) is 0 Å². The van der Waals surface area contributed by atoms with Crippen molar-refractivity contribution in [2.45, 2.75) is 17.1 Å². The highest BCUT2D eigenvalue weighted by Crippen LogP contribution is 2.30. The zero-order valence-corrected chi connectivity index (χ0v) is 20.9. The predicted molar refractivity (Wildman–Crippen MR) is 129 cm³/mol. The van der Waals surface area contributed by atoms with Gasteiger partial charge in [0.2, 0.25) is 5.91 Å². The Hall–Kier alpha value is -2.96. The van der Waals surface area contributed by atoms with Gasteiger partial charge in [-0.15, -0.1) is 0 Å². The number of sulfone groups is 1. The van der Waals surface area contributed by atoms with E-state index in [1.165, 1.54) is 29.2 Å². The lowest BCUT2D eigenvalue weighted by Crippen LogP contribution is -2.62. The van der Waals surface area contributed by atoms with E-state index in [1.807, 2.05) is 0 Å². The van der Waals surface area contributed by atoms with Gasteiger partial charge in [-0.2, -0.15) is 13.2 Å². The molecule has 0 saturated carbocycles. The zero-order chi connectivity index (χ0) is 26.6. The third-order valence-corrected chi connectivity index (χ3v) is 8.26. The average Bonchev–Trinajstić information content (AvgIpc) is 2.91. The van der Waals surface area contributed by atoms with Crippen molar-refractivity contribution in [2.24, 2.45) is 0 Å². The van der Waals surface area contributed by atoms with Crippen molar-refractivity contribution < 1.29 is 35.9 Å². The van der Waals surface area contributed by atoms with E-state index in [0.717, 1.165) is 12.1 Å². The van der Waals surface area contributed by atoms with Gasteiger partial charge in [-0.25, -0.2) is 8.42 Å². The van der Waals surface area contributed by atoms with Crippen LogP contribution in [0.5, 0.6) is 0 Å². The molecule has 0 aliphatic carbocycles. The molecular formula is C25H28F3N3O5S. The fourth-order valence-electron chi connectivity index (χ4n) is 4.48. The quantitative estimate of drug-likeness (QED) is 0.560. The average molecular weight is 540 g/mol. The molecule has 2 aliphatic heterocycles. The number of alkyl halides is 3. The van der Waals surface area contributed by atoms with Gasteiger partial charge in [0.25, 0.3) is 5.91 Å². The number of hydrogen-bond donors (Lipinski definition) is 0. The van der Waals surface area contributed by atoms with E-state index in [1.54, 1.807) is 28.0 Å². The first kappa shape index (κ1) is 27.1. The fraction of sp³-hybridized carbons (Fsp3) is 0.440. The molecule has 2 amide bonds. The summed E-state index contributed by atoms with van der Waals surface area (Å²) in [7, 11) is -3.55. The summed E-state index contributed by atoms with van der Waals surface area (Å²) in [6.07, 6.45) is -4.61. The molecule has 2 aliphatic rings. The second-order valence-electron chi connectivity index (χ2n) is 8.96. The molecule has 2 saturated heterocycles. The minimum atomic E-state index is -4.61. The van der Waals surface area contributed by atoms with Gasteiger partial charge in [0.05, 0.1) is 29.4 Å². The number of hydrogen-bond acceptors (Lipinski definition) is 6. The first-order valence-corrected chi connectivity index (χ1v) is 13.6. The highest BCUT2D eigenvalue weighted by molar-refractivity contribution is 7.91. The highest BCUT2D eigenvalue weighted by Gasteiger charge is 2.39. The van der Waals surface area contributed by atoms with Crippen LogP contribution in [-0.4, -0.2) is 99.2 Å². The molecule has 8 nitrogen and oxygen atoms in total. The number of piperazine rings is 1. The van der Waals surface area contributed by atoms with Crippen LogP contribution in [0.25, 0.3) is 0 Å². The Kier molecular flexibility index (Phi) is 8.20. The SMILES string of the molecule is O=C(C1CN(CCS(=O)(=O)c2ccccc2)CCN1C(=O)c1cccc(C(F)(F)F)c1)N1CCOCC1. The highest BCUT2D eigenvalue weighted by atomic mass is 32.2. The van der Waals surface area contributed by atoms with Crippen LogP contribution in [-0.2, 0) is 25.5 Å². The van der Waals surface area contributed by atoms with Crippen LogP contribution in [0.2, 0.25) is 0 Å². The second-order valence-corrected chi connectivity index (χ2v) is 11.1. The maximum atomic E-state index is 13.4. The van der Waals surface area contributed by atoms with Gasteiger partial charge >= 0.3 is 6.18 Å². The number of amides is 2. The van der Waals surface area contributed by atoms with E-state index in [9.17, 15) is 31.2 Å². The minimum Gasteiger partial charge on any atom is -0.378 e. The molecule has 2 fully saturated rings. The first-order chi connectivity index (χ1) is 17.6. The van der Waals surface area contributed by atoms with Crippen molar-refractivity contribution >= 4 is 21.7 Å². The number of nitrogens with zero attached hydrogens (tertiary/aromatic N) is 3. The molecule has 200 valence electrons. The van der Waals surface area contributed by atoms with Crippen molar-refractivity contribution in [3.05, 3.63) is 65.7 Å². The summed E-state index contributed by atoms with van der Waals surface area (Å²) in [6.45, 7) is 1.94. The van der Waals surface area contributed by atoms with Crippen LogP contribution in [0, 0.1) is 0 Å². The van der Waals surface area contributed by atoms with Gasteiger partial charge in [-0.1, -0.05) is 24.3 Å². The number of morpholine rings is 1. The van der Waals surface area contributed by atoms with E-state index in [4.69, 9.17) is 4.74 Å². The number of carbonyl (C=O) groups excluding carboxylic acids is 2. The van der Waals surface area contributed by atoms with Gasteiger partial charge in [0, 0.05) is 44.8 Å². The number of rotatable bonds is 6. The Bertz CT molecular complexity index is 1220. The lowest BCUT2D eigenvalue weighted by molar-refractivity contribution is -0.142. The topological polar surface area (TPSA) is 87.2 Å². The lowest BCUT2D eigenvalue weighted by Gasteiger charge is -2.43. The molecule has 1 unspecified atom stereocenters. The van der Waals surface area contributed by atoms with E-state index >= 15 is 0 Å². The molecule has 0 spiro atoms. The third kappa shape index (κ3) is 6.49. The summed E-state index contributed by atoms with van der Waals surface area (Å²) >= 11 is 0. The fourth-order valence-corrected chi connectivity index (χ4v) is 5.79. The molecule has 0 bridgehead atoms. The summed E-state index contributed by atoms with van der Waals surface area (Å²) in [4.78, 5) is 31.7. The molecule has 1 atom stereocenters. The van der Waals surface area contributed by atoms with Crippen LogP contribution in [0.3, 0.4) is 0 Å². The number of carbonyl (C=O) groups is 2. The summed E-state index contributed by atoms with van der Waals surface area (Å²) in [6, 6.07) is 11.2. The van der Waals surface area contributed by atoms with Crippen LogP contribution in [0.4, 0.5) is 13.2 Å². The summed E-state index contributed by atoms with van der Waals surface area (Å²) in [5, 5.41) is 0. The van der Waals surface area contributed by atoms with E-state index in [-0.39, 0.29) is 48.3 Å². The molecule has 2 aromatic carbocycles. The van der Waals surface area contributed by atoms with Crippen molar-refractivity contribution in [1.29, 1.82) is 0 Å². The Morgan fingerprint density at radius 1 is 0.946 bits per heavy atom. The largest absolute Gasteiger partial charge is 0.416 e. The van der Waals surface area contributed by atoms with Gasteiger partial charge in [-0.05, 0) is 30.3 Å². The van der Waals surface area contributed by atoms with Gasteiger partial charge in [0.1, 0.15) is 6.04 Å². The monoisotopic (exact) mass is 539 g/mol. The smallest absolute Gasteiger partial charge is 0.378 e. The standard InChI is InChI=1S/C25H28F3N3O5S/c26-25(27,28)20-6-4-5-19(17-20)23(32)31-10-9-29(13-16-37(34,35)21-7-2-1-3-8-21)18-22(31)24(33)30-11-14-36-15-12-30/h1-8,17,22H,9-16,18H2. The van der Waals surface area contributed by atoms with Crippen molar-refractivity contribution in [3.8, 4) is 0 Å². The van der Waals surface area contributed by atoms with Gasteiger partial charge in [0.15, 0.2) is 9.84 Å². The Morgan fingerprint density at radius 3 is 2.32 bits per heavy atom. The van der Waals surface area contributed by atoms with Crippen LogP contribution < -0.4 is 0 Å². The first-order valence-electron chi connectivity index (χ1n) is 11.9. The van der Waals surface area contributed by atoms with E-state index < -0.39 is 33.5 Å². The number of ether oxygens (including phenoxy) is 1. The summed E-state index contributed by atoms with van der Waals surface area (Å²) in [5.74, 6) is -1.18. The minimum absolute atomic E-state index is 0.0706. The van der Waals surface area contributed by atoms with Crippen molar-refractivity contribution in [2.75, 3.05) is 58.2 Å². The van der Waals surface area contributed by atoms with Crippen LogP contribution in [0.15, 0.2) is 59.5 Å². The number of benzene rings is 2. The maximum absolute atomic E-state index is 13.4. The van der Waals surface area contributed by atoms with E-state index in [0.29, 0.717) is 26.3 Å². The van der Waals surface area contributed by atoms with Crippen LogP contribution in [0.1, 0.15) is 15.9 Å². The Balaban J connectivity index is 1.53. The molecule has 4 rings (SSSR count). The van der Waals surface area contributed by atoms with Crippen LogP contribution >= 0.6 is 0 Å². The summed E-state index contributed by atoms with van der Waals surface area (Å²) in [5.41, 5.74) is -1.10. The normalized spacial score (nSPS) is 19.6. The molecule has 2 aromatic rings. The Morgan fingerprint density at radius 2 is 1.65 bits per heavy atom. The lowest BCUT2D eigenvalue weighted by atomic mass is 10.1. The van der Waals surface area contributed by atoms with Crippen molar-refractivity contribution in [3.63, 3.8) is 0 Å². The number of halogens is 3. The van der Waals surface area contributed by atoms with Gasteiger partial charge in [-0.3, -0.25) is 14.5 Å². The maximum Gasteiger partial charge on any atom is 0.416 e. The molecular weight excluding hydrogens is 511 g/mol. The van der Waals surface area contributed by atoms with Gasteiger partial charge < -0.3 is 14.5 Å². The molecule has 0 aromatic heterocycles. The molecule has 37 heavy (non-hydrogen) atoms.